The zero-order valence-electron chi connectivity index (χ0n) is 13.1. The van der Waals surface area contributed by atoms with Crippen LogP contribution in [0.3, 0.4) is 0 Å². The molecule has 2 rings (SSSR count). The van der Waals surface area contributed by atoms with Crippen LogP contribution in [-0.4, -0.2) is 12.1 Å². The maximum absolute atomic E-state index is 12.8. The Balaban J connectivity index is 0.00000264. The van der Waals surface area contributed by atoms with Gasteiger partial charge in [-0.3, -0.25) is 0 Å². The van der Waals surface area contributed by atoms with Crippen LogP contribution in [0.5, 0.6) is 5.75 Å². The van der Waals surface area contributed by atoms with Crippen molar-refractivity contribution in [1.29, 1.82) is 0 Å². The fourth-order valence-corrected chi connectivity index (χ4v) is 1.84. The molecule has 4 nitrogen and oxygen atoms in total. The highest BCUT2D eigenvalue weighted by atomic mass is 127. The first-order chi connectivity index (χ1) is 10.5. The summed E-state index contributed by atoms with van der Waals surface area (Å²) in [5, 5.41) is 3.00. The molecule has 124 valence electrons. The molecule has 2 aromatic rings. The molecule has 3 N–H and O–H groups in total. The average molecular weight is 429 g/mol. The summed E-state index contributed by atoms with van der Waals surface area (Å²) in [7, 11) is 0. The Labute approximate surface area is 153 Å². The van der Waals surface area contributed by atoms with Gasteiger partial charge in [0.05, 0.1) is 12.6 Å². The minimum Gasteiger partial charge on any atom is -0.491 e. The van der Waals surface area contributed by atoms with Crippen LogP contribution in [0, 0.1) is 5.82 Å². The molecule has 0 amide bonds. The van der Waals surface area contributed by atoms with Gasteiger partial charge < -0.3 is 15.8 Å². The lowest BCUT2D eigenvalue weighted by molar-refractivity contribution is 0.242. The summed E-state index contributed by atoms with van der Waals surface area (Å²) in [5.74, 6) is 0.853. The van der Waals surface area contributed by atoms with E-state index in [2.05, 4.69) is 10.3 Å². The van der Waals surface area contributed by atoms with Crippen molar-refractivity contribution in [3.05, 3.63) is 59.9 Å². The molecule has 2 aromatic carbocycles. The van der Waals surface area contributed by atoms with E-state index >= 15 is 0 Å². The number of halogens is 2. The Morgan fingerprint density at radius 1 is 1.13 bits per heavy atom. The number of nitrogens with one attached hydrogen (secondary N) is 1. The Morgan fingerprint density at radius 2 is 1.74 bits per heavy atom. The summed E-state index contributed by atoms with van der Waals surface area (Å²) in [6.07, 6.45) is 0.140. The monoisotopic (exact) mass is 429 g/mol. The van der Waals surface area contributed by atoms with E-state index < -0.39 is 0 Å². The smallest absolute Gasteiger partial charge is 0.193 e. The van der Waals surface area contributed by atoms with Crippen LogP contribution in [0.15, 0.2) is 53.5 Å². The molecule has 0 fully saturated rings. The van der Waals surface area contributed by atoms with E-state index in [9.17, 15) is 4.39 Å². The number of guanidine groups is 1. The molecule has 0 bridgehead atoms. The summed E-state index contributed by atoms with van der Waals surface area (Å²) < 4.78 is 18.4. The fraction of sp³-hybridized carbons (Fsp3) is 0.235. The lowest BCUT2D eigenvalue weighted by Gasteiger charge is -2.11. The Bertz CT molecular complexity index is 627. The SMILES string of the molecule is CC(C)Oc1ccc(NC(N)=NCc2ccc(F)cc2)cc1.I. The summed E-state index contributed by atoms with van der Waals surface area (Å²) >= 11 is 0. The second-order valence-electron chi connectivity index (χ2n) is 5.14. The first-order valence-corrected chi connectivity index (χ1v) is 7.11. The number of anilines is 1. The molecule has 0 unspecified atom stereocenters. The van der Waals surface area contributed by atoms with Crippen LogP contribution in [-0.2, 0) is 6.54 Å². The number of rotatable bonds is 5. The predicted octanol–water partition coefficient (Wildman–Crippen LogP) is 4.16. The predicted molar refractivity (Wildman–Crippen MR) is 103 cm³/mol. The van der Waals surface area contributed by atoms with Gasteiger partial charge in [0.2, 0.25) is 0 Å². The summed E-state index contributed by atoms with van der Waals surface area (Å²) in [5.41, 5.74) is 7.56. The van der Waals surface area contributed by atoms with Gasteiger partial charge in [0.25, 0.3) is 0 Å². The van der Waals surface area contributed by atoms with Crippen LogP contribution in [0.4, 0.5) is 10.1 Å². The first kappa shape index (κ1) is 19.2. The summed E-state index contributed by atoms with van der Waals surface area (Å²) in [4.78, 5) is 4.22. The van der Waals surface area contributed by atoms with E-state index in [0.717, 1.165) is 17.0 Å². The standard InChI is InChI=1S/C17H20FN3O.HI/c1-12(2)22-16-9-7-15(8-10-16)21-17(19)20-11-13-3-5-14(18)6-4-13;/h3-10,12H,11H2,1-2H3,(H3,19,20,21);1H. The van der Waals surface area contributed by atoms with Crippen molar-refractivity contribution >= 4 is 35.6 Å². The third-order valence-corrected chi connectivity index (χ3v) is 2.84. The largest absolute Gasteiger partial charge is 0.491 e. The van der Waals surface area contributed by atoms with Crippen molar-refractivity contribution in [2.75, 3.05) is 5.32 Å². The van der Waals surface area contributed by atoms with Crippen molar-refractivity contribution in [2.24, 2.45) is 10.7 Å². The second kappa shape index (κ2) is 9.34. The first-order valence-electron chi connectivity index (χ1n) is 7.11. The molecule has 0 aliphatic heterocycles. The Kier molecular flexibility index (Phi) is 7.80. The average Bonchev–Trinajstić information content (AvgIpc) is 2.48. The van der Waals surface area contributed by atoms with Crippen LogP contribution in [0.2, 0.25) is 0 Å². The van der Waals surface area contributed by atoms with Gasteiger partial charge >= 0.3 is 0 Å². The zero-order valence-corrected chi connectivity index (χ0v) is 15.5. The topological polar surface area (TPSA) is 59.6 Å². The molecule has 0 aliphatic rings. The maximum atomic E-state index is 12.8. The number of hydrogen-bond donors (Lipinski definition) is 2. The van der Waals surface area contributed by atoms with E-state index in [4.69, 9.17) is 10.5 Å². The molecular formula is C17H21FIN3O. The molecule has 0 radical (unpaired) electrons. The number of ether oxygens (including phenoxy) is 1. The molecular weight excluding hydrogens is 408 g/mol. The van der Waals surface area contributed by atoms with E-state index in [1.165, 1.54) is 12.1 Å². The van der Waals surface area contributed by atoms with Gasteiger partial charge in [0.1, 0.15) is 11.6 Å². The quantitative estimate of drug-likeness (QED) is 0.427. The Hall–Kier alpha value is -1.83. The van der Waals surface area contributed by atoms with Gasteiger partial charge in [0.15, 0.2) is 5.96 Å². The number of aliphatic imine (C=N–C) groups is 1. The van der Waals surface area contributed by atoms with Crippen LogP contribution in [0.25, 0.3) is 0 Å². The van der Waals surface area contributed by atoms with Gasteiger partial charge in [-0.1, -0.05) is 12.1 Å². The highest BCUT2D eigenvalue weighted by molar-refractivity contribution is 14.0. The van der Waals surface area contributed by atoms with Gasteiger partial charge in [-0.2, -0.15) is 0 Å². The lowest BCUT2D eigenvalue weighted by Crippen LogP contribution is -2.22. The maximum Gasteiger partial charge on any atom is 0.193 e. The van der Waals surface area contributed by atoms with Gasteiger partial charge in [-0.15, -0.1) is 24.0 Å². The lowest BCUT2D eigenvalue weighted by atomic mass is 10.2. The molecule has 0 saturated heterocycles. The summed E-state index contributed by atoms with van der Waals surface area (Å²) in [6.45, 7) is 4.35. The molecule has 6 heteroatoms. The Morgan fingerprint density at radius 3 is 2.30 bits per heavy atom. The van der Waals surface area contributed by atoms with E-state index in [-0.39, 0.29) is 35.9 Å². The molecule has 0 aliphatic carbocycles. The normalized spacial score (nSPS) is 11.0. The molecule has 0 saturated carbocycles. The van der Waals surface area contributed by atoms with Crippen molar-refractivity contribution in [3.63, 3.8) is 0 Å². The van der Waals surface area contributed by atoms with Gasteiger partial charge in [0, 0.05) is 5.69 Å². The molecule has 0 aromatic heterocycles. The fourth-order valence-electron chi connectivity index (χ4n) is 1.84. The number of hydrogen-bond acceptors (Lipinski definition) is 2. The highest BCUT2D eigenvalue weighted by Gasteiger charge is 1.99. The van der Waals surface area contributed by atoms with E-state index in [1.807, 2.05) is 38.1 Å². The third-order valence-electron chi connectivity index (χ3n) is 2.84. The van der Waals surface area contributed by atoms with E-state index in [0.29, 0.717) is 12.5 Å². The van der Waals surface area contributed by atoms with Crippen molar-refractivity contribution in [2.45, 2.75) is 26.5 Å². The van der Waals surface area contributed by atoms with Crippen LogP contribution < -0.4 is 15.8 Å². The number of nitrogens with two attached hydrogens (primary N) is 1. The molecule has 23 heavy (non-hydrogen) atoms. The van der Waals surface area contributed by atoms with Crippen molar-refractivity contribution < 1.29 is 9.13 Å². The minimum atomic E-state index is -0.262. The van der Waals surface area contributed by atoms with Crippen molar-refractivity contribution in [3.8, 4) is 5.75 Å². The van der Waals surface area contributed by atoms with Crippen LogP contribution in [0.1, 0.15) is 19.4 Å². The number of nitrogens with zero attached hydrogens (tertiary/aromatic N) is 1. The minimum absolute atomic E-state index is 0. The zero-order chi connectivity index (χ0) is 15.9. The molecule has 0 spiro atoms. The second-order valence-corrected chi connectivity index (χ2v) is 5.14. The van der Waals surface area contributed by atoms with Crippen LogP contribution >= 0.6 is 24.0 Å². The number of benzene rings is 2. The molecule has 0 atom stereocenters. The van der Waals surface area contributed by atoms with Crippen molar-refractivity contribution in [1.82, 2.24) is 0 Å². The third kappa shape index (κ3) is 6.85. The van der Waals surface area contributed by atoms with E-state index in [1.54, 1.807) is 12.1 Å². The summed E-state index contributed by atoms with van der Waals surface area (Å²) in [6, 6.07) is 13.7. The van der Waals surface area contributed by atoms with Gasteiger partial charge in [-0.05, 0) is 55.8 Å². The molecule has 0 heterocycles. The van der Waals surface area contributed by atoms with Gasteiger partial charge in [-0.25, -0.2) is 9.38 Å². The highest BCUT2D eigenvalue weighted by Crippen LogP contribution is 2.16.